The molecule has 6 rings (SSSR count). The summed E-state index contributed by atoms with van der Waals surface area (Å²) in [5.74, 6) is 0.186. The summed E-state index contributed by atoms with van der Waals surface area (Å²) >= 11 is 0. The fraction of sp³-hybridized carbons (Fsp3) is 0.185. The van der Waals surface area contributed by atoms with Crippen molar-refractivity contribution in [3.05, 3.63) is 79.3 Å². The molecule has 35 heavy (non-hydrogen) atoms. The third-order valence-electron chi connectivity index (χ3n) is 6.54. The first-order valence-electron chi connectivity index (χ1n) is 11.7. The molecule has 1 aliphatic rings. The maximum absolute atomic E-state index is 10.1. The van der Waals surface area contributed by atoms with E-state index < -0.39 is 0 Å². The minimum atomic E-state index is 0.186. The van der Waals surface area contributed by atoms with Gasteiger partial charge in [0.1, 0.15) is 11.4 Å². The molecule has 2 aromatic carbocycles. The van der Waals surface area contributed by atoms with Gasteiger partial charge in [-0.05, 0) is 49.0 Å². The Bertz CT molecular complexity index is 1470. The van der Waals surface area contributed by atoms with Crippen LogP contribution in [-0.4, -0.2) is 68.0 Å². The van der Waals surface area contributed by atoms with Crippen molar-refractivity contribution < 1.29 is 5.11 Å². The van der Waals surface area contributed by atoms with E-state index in [2.05, 4.69) is 56.3 Å². The minimum absolute atomic E-state index is 0.186. The Morgan fingerprint density at radius 3 is 2.34 bits per heavy atom. The highest BCUT2D eigenvalue weighted by Gasteiger charge is 2.21. The van der Waals surface area contributed by atoms with Crippen LogP contribution in [0.3, 0.4) is 0 Å². The van der Waals surface area contributed by atoms with Crippen LogP contribution >= 0.6 is 0 Å². The van der Waals surface area contributed by atoms with Crippen LogP contribution in [0.2, 0.25) is 0 Å². The van der Waals surface area contributed by atoms with Gasteiger partial charge in [0.2, 0.25) is 0 Å². The number of aromatic nitrogens is 5. The van der Waals surface area contributed by atoms with Crippen LogP contribution in [0, 0.1) is 0 Å². The fourth-order valence-corrected chi connectivity index (χ4v) is 4.61. The average molecular weight is 464 g/mol. The van der Waals surface area contributed by atoms with Gasteiger partial charge in [-0.2, -0.15) is 10.2 Å². The fourth-order valence-electron chi connectivity index (χ4n) is 4.61. The zero-order valence-electron chi connectivity index (χ0n) is 19.4. The van der Waals surface area contributed by atoms with Gasteiger partial charge in [-0.3, -0.25) is 4.98 Å². The molecule has 1 fully saturated rings. The van der Waals surface area contributed by atoms with Gasteiger partial charge in [-0.15, -0.1) is 5.10 Å². The molecule has 0 spiro atoms. The first-order chi connectivity index (χ1) is 17.2. The Kier molecular flexibility index (Phi) is 5.35. The van der Waals surface area contributed by atoms with Crippen LogP contribution in [0.1, 0.15) is 0 Å². The van der Waals surface area contributed by atoms with Gasteiger partial charge in [0.05, 0.1) is 17.5 Å². The monoisotopic (exact) mass is 463 g/mol. The zero-order valence-corrected chi connectivity index (χ0v) is 19.4. The summed E-state index contributed by atoms with van der Waals surface area (Å²) in [7, 11) is 2.16. The number of anilines is 1. The van der Waals surface area contributed by atoms with E-state index in [-0.39, 0.29) is 5.75 Å². The van der Waals surface area contributed by atoms with Crippen molar-refractivity contribution in [2.75, 3.05) is 38.1 Å². The molecule has 4 heterocycles. The molecular weight excluding hydrogens is 438 g/mol. The normalized spacial score (nSPS) is 14.5. The van der Waals surface area contributed by atoms with E-state index in [1.54, 1.807) is 30.7 Å². The Morgan fingerprint density at radius 2 is 1.60 bits per heavy atom. The van der Waals surface area contributed by atoms with Gasteiger partial charge in [0, 0.05) is 55.4 Å². The lowest BCUT2D eigenvalue weighted by molar-refractivity contribution is 0.313. The van der Waals surface area contributed by atoms with Crippen LogP contribution in [0.15, 0.2) is 79.3 Å². The number of piperazine rings is 1. The molecule has 0 bridgehead atoms. The van der Waals surface area contributed by atoms with Gasteiger partial charge < -0.3 is 14.9 Å². The average Bonchev–Trinajstić information content (AvgIpc) is 3.30. The second-order valence-corrected chi connectivity index (χ2v) is 8.81. The number of rotatable bonds is 4. The minimum Gasteiger partial charge on any atom is -0.508 e. The molecule has 1 N–H and O–H groups in total. The molecule has 0 unspecified atom stereocenters. The topological polar surface area (TPSA) is 82.7 Å². The van der Waals surface area contributed by atoms with Gasteiger partial charge in [-0.25, -0.2) is 4.52 Å². The molecule has 1 saturated heterocycles. The van der Waals surface area contributed by atoms with Crippen LogP contribution < -0.4 is 4.90 Å². The summed E-state index contributed by atoms with van der Waals surface area (Å²) in [6.07, 6.45) is 5.23. The first kappa shape index (κ1) is 21.2. The number of likely N-dealkylation sites (N-methyl/N-ethyl adjacent to an activating group) is 1. The Morgan fingerprint density at radius 1 is 0.829 bits per heavy atom. The predicted molar refractivity (Wildman–Crippen MR) is 136 cm³/mol. The van der Waals surface area contributed by atoms with Crippen molar-refractivity contribution in [2.45, 2.75) is 0 Å². The van der Waals surface area contributed by atoms with Crippen molar-refractivity contribution in [2.24, 2.45) is 0 Å². The van der Waals surface area contributed by atoms with E-state index >= 15 is 0 Å². The molecule has 5 aromatic rings. The number of phenols is 1. The Balaban J connectivity index is 1.47. The van der Waals surface area contributed by atoms with Crippen LogP contribution in [0.4, 0.5) is 5.69 Å². The van der Waals surface area contributed by atoms with Crippen molar-refractivity contribution >= 4 is 11.3 Å². The van der Waals surface area contributed by atoms with E-state index in [1.807, 2.05) is 28.8 Å². The molecule has 8 heteroatoms. The number of hydrogen-bond acceptors (Lipinski definition) is 7. The molecule has 8 nitrogen and oxygen atoms in total. The molecular formula is C27H25N7O. The molecule has 0 atom stereocenters. The number of benzene rings is 2. The Labute approximate surface area is 203 Å². The summed E-state index contributed by atoms with van der Waals surface area (Å²) in [6, 6.07) is 19.5. The molecule has 0 amide bonds. The highest BCUT2D eigenvalue weighted by molar-refractivity contribution is 5.91. The molecule has 0 aliphatic carbocycles. The summed E-state index contributed by atoms with van der Waals surface area (Å²) in [5, 5.41) is 23.9. The maximum Gasteiger partial charge on any atom is 0.186 e. The lowest BCUT2D eigenvalue weighted by atomic mass is 10.0. The van der Waals surface area contributed by atoms with Gasteiger partial charge in [0.15, 0.2) is 5.65 Å². The second kappa shape index (κ2) is 8.81. The van der Waals surface area contributed by atoms with Crippen molar-refractivity contribution in [1.29, 1.82) is 0 Å². The largest absolute Gasteiger partial charge is 0.508 e. The maximum atomic E-state index is 10.1. The number of hydrogen-bond donors (Lipinski definition) is 1. The van der Waals surface area contributed by atoms with E-state index in [0.717, 1.165) is 59.8 Å². The van der Waals surface area contributed by atoms with Gasteiger partial charge >= 0.3 is 0 Å². The highest BCUT2D eigenvalue weighted by atomic mass is 16.3. The third-order valence-corrected chi connectivity index (χ3v) is 6.54. The Hall–Kier alpha value is -4.30. The van der Waals surface area contributed by atoms with E-state index in [1.165, 1.54) is 5.69 Å². The standard InChI is InChI=1S/C27H25N7O/c1-32-13-15-33(16-14-32)22-7-5-19(6-8-22)24-18-29-30-27-25(21-3-2-4-23(35)17-21)26(31-34(24)27)20-9-11-28-12-10-20/h2-12,17-18,35H,13-16H2,1H3. The highest BCUT2D eigenvalue weighted by Crippen LogP contribution is 2.36. The van der Waals surface area contributed by atoms with E-state index in [0.29, 0.717) is 5.65 Å². The lowest BCUT2D eigenvalue weighted by Gasteiger charge is -2.34. The van der Waals surface area contributed by atoms with Crippen molar-refractivity contribution in [3.8, 4) is 39.4 Å². The molecule has 1 aliphatic heterocycles. The number of pyridine rings is 1. The number of nitrogens with zero attached hydrogens (tertiary/aromatic N) is 7. The number of fused-ring (bicyclic) bond motifs is 1. The summed E-state index contributed by atoms with van der Waals surface area (Å²) < 4.78 is 1.84. The molecule has 0 saturated carbocycles. The second-order valence-electron chi connectivity index (χ2n) is 8.81. The summed E-state index contributed by atoms with van der Waals surface area (Å²) in [6.45, 7) is 4.19. The van der Waals surface area contributed by atoms with Crippen LogP contribution in [0.5, 0.6) is 5.75 Å². The first-order valence-corrected chi connectivity index (χ1v) is 11.7. The predicted octanol–water partition coefficient (Wildman–Crippen LogP) is 3.98. The van der Waals surface area contributed by atoms with Crippen molar-refractivity contribution in [1.82, 2.24) is 29.7 Å². The lowest BCUT2D eigenvalue weighted by Crippen LogP contribution is -2.44. The van der Waals surface area contributed by atoms with Crippen LogP contribution in [0.25, 0.3) is 39.3 Å². The van der Waals surface area contributed by atoms with Crippen molar-refractivity contribution in [3.63, 3.8) is 0 Å². The van der Waals surface area contributed by atoms with Crippen LogP contribution in [-0.2, 0) is 0 Å². The molecule has 3 aromatic heterocycles. The zero-order chi connectivity index (χ0) is 23.8. The number of aromatic hydroxyl groups is 1. The number of phenolic OH excluding ortho intramolecular Hbond substituents is 1. The summed E-state index contributed by atoms with van der Waals surface area (Å²) in [5.41, 5.74) is 7.02. The SMILES string of the molecule is CN1CCN(c2ccc(-c3cnnc4c(-c5cccc(O)c5)c(-c5ccncc5)nn34)cc2)CC1. The van der Waals surface area contributed by atoms with Gasteiger partial charge in [0.25, 0.3) is 0 Å². The van der Waals surface area contributed by atoms with Gasteiger partial charge in [-0.1, -0.05) is 24.3 Å². The van der Waals surface area contributed by atoms with E-state index in [9.17, 15) is 5.11 Å². The molecule has 174 valence electrons. The summed E-state index contributed by atoms with van der Waals surface area (Å²) in [4.78, 5) is 8.92. The van der Waals surface area contributed by atoms with E-state index in [4.69, 9.17) is 5.10 Å². The molecule has 0 radical (unpaired) electrons. The third kappa shape index (κ3) is 3.98. The smallest absolute Gasteiger partial charge is 0.186 e. The quantitative estimate of drug-likeness (QED) is 0.432.